The Morgan fingerprint density at radius 2 is 1.14 bits per heavy atom. The number of nitrogens with zero attached hydrogens (tertiary/aromatic N) is 9. The number of carbonyl (C=O) groups is 4. The molecule has 6 aliphatic heterocycles. The number of esters is 2. The molecular weight excluding hydrogens is 1340 g/mol. The summed E-state index contributed by atoms with van der Waals surface area (Å²) in [6, 6.07) is 9.79. The van der Waals surface area contributed by atoms with Gasteiger partial charge in [0.1, 0.15) is 48.4 Å². The summed E-state index contributed by atoms with van der Waals surface area (Å²) in [5.74, 6) is -1.67. The molecule has 10 N–H and O–H groups in total. The normalized spacial score (nSPS) is 28.5. The van der Waals surface area contributed by atoms with E-state index in [9.17, 15) is 53.8 Å². The number of azide groups is 2. The van der Waals surface area contributed by atoms with Crippen LogP contribution in [0.15, 0.2) is 115 Å². The van der Waals surface area contributed by atoms with Crippen LogP contribution in [0.25, 0.3) is 20.9 Å². The van der Waals surface area contributed by atoms with Crippen molar-refractivity contribution in [1.29, 1.82) is 0 Å². The standard InChI is InChI=1S/C20H26BrN6O8P.C20H25BrN3O8P.C10H17N5O4/c1-11-9-27(20(30)23-18(11)28)17-8-15(24-26-22)16(34-17)10-33-36(31,25-12(2)19(29)32-3)35-14-6-4-13(21)5-7-14;1-12-10-24(20(27)22-18(12)25)17-9-8-16(31-17)11-30-33(28,23-13(2)19(26)29-3)32-15-6-4-14(21)5-7-15;1-5-3-15(10(18)12-9(5)17)8-2-6(13-14-11)7(4-16)19-8/h4-7,9,12,15-17,20,30H,8,10H2,1-3H3,(H,23,28)(H,25,31);4-10,13,16-17,20,27H,11H2,1-3H3,(H,22,25)(H,23,28);3,6-10,12,16-18H,2,4H2,1H3/t12?,15?,16-,17?,20+,36?;13?,16?,17?,20-,33?;6?,7-,8-,9+,10+/m101/s1. The van der Waals surface area contributed by atoms with Crippen molar-refractivity contribution in [3.8, 4) is 11.5 Å². The van der Waals surface area contributed by atoms with Crippen molar-refractivity contribution in [2.24, 2.45) is 10.2 Å². The summed E-state index contributed by atoms with van der Waals surface area (Å²) in [5, 5.41) is 68.7. The third kappa shape index (κ3) is 19.6. The highest BCUT2D eigenvalue weighted by Gasteiger charge is 2.44. The number of halogens is 2. The number of rotatable bonds is 22. The van der Waals surface area contributed by atoms with Gasteiger partial charge in [0.25, 0.3) is 11.8 Å². The fourth-order valence-corrected chi connectivity index (χ4v) is 12.2. The van der Waals surface area contributed by atoms with Gasteiger partial charge in [-0.25, -0.2) is 14.4 Å². The number of hydrogen-bond donors (Lipinski definition) is 10. The van der Waals surface area contributed by atoms with Crippen LogP contribution >= 0.6 is 47.4 Å². The molecule has 0 saturated carbocycles. The predicted octanol–water partition coefficient (Wildman–Crippen LogP) is 3.68. The molecule has 34 nitrogen and oxygen atoms in total. The number of nitrogens with one attached hydrogen (secondary N) is 5. The monoisotopic (exact) mass is 1400 g/mol. The molecule has 8 rings (SSSR count). The first-order valence-corrected chi connectivity index (χ1v) is 31.3. The summed E-state index contributed by atoms with van der Waals surface area (Å²) in [6.45, 7) is 6.99. The maximum absolute atomic E-state index is 13.6. The number of methoxy groups -OCH3 is 2. The summed E-state index contributed by atoms with van der Waals surface area (Å²) >= 11 is 6.62. The van der Waals surface area contributed by atoms with Crippen LogP contribution in [0.5, 0.6) is 11.5 Å². The molecule has 0 aromatic heterocycles. The molecule has 2 aromatic rings. The van der Waals surface area contributed by atoms with Crippen molar-refractivity contribution in [3.63, 3.8) is 0 Å². The fraction of sp³-hybridized carbons (Fsp3) is 0.520. The summed E-state index contributed by atoms with van der Waals surface area (Å²) in [6.07, 6.45) is -0.373. The molecule has 9 unspecified atom stereocenters. The van der Waals surface area contributed by atoms with Gasteiger partial charge in [0.15, 0.2) is 12.6 Å². The van der Waals surface area contributed by atoms with Crippen LogP contribution in [-0.2, 0) is 61.0 Å². The first kappa shape index (κ1) is 70.9. The molecule has 6 aliphatic rings. The lowest BCUT2D eigenvalue weighted by atomic mass is 10.1. The van der Waals surface area contributed by atoms with E-state index in [1.165, 1.54) is 55.2 Å². The summed E-state index contributed by atoms with van der Waals surface area (Å²) in [5.41, 5.74) is 18.9. The number of aliphatic hydroxyl groups is 5. The first-order chi connectivity index (χ1) is 41.7. The molecule has 0 bridgehead atoms. The van der Waals surface area contributed by atoms with Crippen molar-refractivity contribution in [1.82, 2.24) is 40.8 Å². The summed E-state index contributed by atoms with van der Waals surface area (Å²) < 4.78 is 77.6. The van der Waals surface area contributed by atoms with E-state index >= 15 is 0 Å². The van der Waals surface area contributed by atoms with E-state index in [1.807, 2.05) is 0 Å². The lowest BCUT2D eigenvalue weighted by Crippen LogP contribution is -2.55. The van der Waals surface area contributed by atoms with Crippen molar-refractivity contribution in [3.05, 3.63) is 126 Å². The Morgan fingerprint density at radius 1 is 0.693 bits per heavy atom. The number of carbonyl (C=O) groups excluding carboxylic acids is 4. The van der Waals surface area contributed by atoms with E-state index in [1.54, 1.807) is 87.7 Å². The van der Waals surface area contributed by atoms with Crippen LogP contribution in [0.2, 0.25) is 0 Å². The number of aliphatic hydroxyl groups excluding tert-OH is 5. The summed E-state index contributed by atoms with van der Waals surface area (Å²) in [7, 11) is -5.80. The van der Waals surface area contributed by atoms with Gasteiger partial charge in [0.2, 0.25) is 12.7 Å². The van der Waals surface area contributed by atoms with Crippen LogP contribution in [0, 0.1) is 0 Å². The third-order valence-electron chi connectivity index (χ3n) is 13.3. The van der Waals surface area contributed by atoms with Crippen LogP contribution < -0.4 is 35.2 Å². The van der Waals surface area contributed by atoms with Crippen LogP contribution in [-0.4, -0.2) is 184 Å². The van der Waals surface area contributed by atoms with E-state index in [2.05, 4.69) is 87.5 Å². The molecule has 16 atom stereocenters. The SMILES string of the molecule is CC1=CN([C@H]2CC(N=[N+]=[N-])[C@@H](CO)O2)[C@@H](O)N[C@H]1O.COC(=O)C(C)NP(=O)(OCC1C=CC(N2C=C(C)C(=O)N[C@@H]2O)O1)Oc1ccc(Br)cc1.COC(=O)C(C)NP(=O)(OC[C@H]1OC(N2C=C(C)C(=O)N[C@@H]2O)CC1N=[N+]=[N-])Oc1ccc(Br)cc1. The highest BCUT2D eigenvalue weighted by molar-refractivity contribution is 9.10. The van der Waals surface area contributed by atoms with Crippen LogP contribution in [0.1, 0.15) is 47.5 Å². The number of benzene rings is 2. The number of hydrogen-bond acceptors (Lipinski definition) is 26. The maximum Gasteiger partial charge on any atom is 0.459 e. The van der Waals surface area contributed by atoms with Crippen molar-refractivity contribution < 1.29 is 95.6 Å². The third-order valence-corrected chi connectivity index (χ3v) is 17.7. The largest absolute Gasteiger partial charge is 0.468 e. The average Bonchev–Trinajstić information content (AvgIpc) is 2.04. The topological polar surface area (TPSA) is 454 Å². The molecule has 2 saturated heterocycles. The minimum Gasteiger partial charge on any atom is -0.468 e. The van der Waals surface area contributed by atoms with Gasteiger partial charge in [0, 0.05) is 61.4 Å². The van der Waals surface area contributed by atoms with Gasteiger partial charge in [-0.15, -0.1) is 0 Å². The zero-order chi connectivity index (χ0) is 64.6. The van der Waals surface area contributed by atoms with Gasteiger partial charge >= 0.3 is 27.4 Å². The second kappa shape index (κ2) is 32.5. The first-order valence-electron chi connectivity index (χ1n) is 26.6. The van der Waals surface area contributed by atoms with Crippen molar-refractivity contribution in [2.45, 2.75) is 134 Å². The Kier molecular flexibility index (Phi) is 26.2. The Balaban J connectivity index is 0.000000220. The zero-order valence-electron chi connectivity index (χ0n) is 48.2. The Hall–Kier alpha value is -6.20. The zero-order valence-corrected chi connectivity index (χ0v) is 53.1. The molecule has 0 radical (unpaired) electrons. The van der Waals surface area contributed by atoms with E-state index in [0.29, 0.717) is 23.1 Å². The summed E-state index contributed by atoms with van der Waals surface area (Å²) in [4.78, 5) is 57.0. The van der Waals surface area contributed by atoms with Gasteiger partial charge < -0.3 is 83.6 Å². The van der Waals surface area contributed by atoms with E-state index in [4.69, 9.17) is 43.4 Å². The number of amides is 2. The van der Waals surface area contributed by atoms with Gasteiger partial charge in [0.05, 0.1) is 58.3 Å². The Labute approximate surface area is 520 Å². The predicted molar refractivity (Wildman–Crippen MR) is 313 cm³/mol. The highest BCUT2D eigenvalue weighted by atomic mass is 79.9. The van der Waals surface area contributed by atoms with Gasteiger partial charge in [-0.3, -0.25) is 28.2 Å². The van der Waals surface area contributed by atoms with Crippen LogP contribution in [0.4, 0.5) is 0 Å². The lowest BCUT2D eigenvalue weighted by molar-refractivity contribution is -0.143. The van der Waals surface area contributed by atoms with E-state index in [0.717, 1.165) is 8.95 Å². The molecule has 2 amide bonds. The Bertz CT molecular complexity index is 3110. The smallest absolute Gasteiger partial charge is 0.459 e. The second-order valence-corrected chi connectivity index (χ2v) is 25.0. The fourth-order valence-electron chi connectivity index (χ4n) is 8.71. The van der Waals surface area contributed by atoms with E-state index < -0.39 is 120 Å². The van der Waals surface area contributed by atoms with Gasteiger partial charge in [-0.2, -0.15) is 10.2 Å². The minimum atomic E-state index is -4.17. The molecule has 6 heterocycles. The van der Waals surface area contributed by atoms with Crippen molar-refractivity contribution in [2.75, 3.05) is 34.0 Å². The lowest BCUT2D eigenvalue weighted by Gasteiger charge is -2.38. The van der Waals surface area contributed by atoms with Crippen molar-refractivity contribution >= 4 is 71.1 Å². The average molecular weight is 1410 g/mol. The molecule has 482 valence electrons. The molecule has 38 heteroatoms. The molecule has 2 aromatic carbocycles. The van der Waals surface area contributed by atoms with Gasteiger partial charge in [-0.05, 0) is 106 Å². The molecule has 2 fully saturated rings. The minimum absolute atomic E-state index is 0.151. The van der Waals surface area contributed by atoms with Gasteiger partial charge in [-0.1, -0.05) is 48.2 Å². The molecule has 88 heavy (non-hydrogen) atoms. The maximum atomic E-state index is 13.6. The highest BCUT2D eigenvalue weighted by Crippen LogP contribution is 2.47. The van der Waals surface area contributed by atoms with Crippen LogP contribution in [0.3, 0.4) is 0 Å². The molecule has 0 aliphatic carbocycles. The molecular formula is C50H68Br2N14O20P2. The second-order valence-electron chi connectivity index (χ2n) is 19.8. The quantitative estimate of drug-likeness (QED) is 0.0201. The number of ether oxygens (including phenoxy) is 5. The molecule has 0 spiro atoms. The Morgan fingerprint density at radius 3 is 1.61 bits per heavy atom. The van der Waals surface area contributed by atoms with E-state index in [-0.39, 0.29) is 43.6 Å².